The van der Waals surface area contributed by atoms with Crippen LogP contribution in [0.1, 0.15) is 5.69 Å². The summed E-state index contributed by atoms with van der Waals surface area (Å²) in [4.78, 5) is 31.4. The van der Waals surface area contributed by atoms with Gasteiger partial charge in [0.15, 0.2) is 0 Å². The van der Waals surface area contributed by atoms with Crippen molar-refractivity contribution in [3.63, 3.8) is 0 Å². The number of hydrogen-bond donors (Lipinski definition) is 1. The van der Waals surface area contributed by atoms with Gasteiger partial charge >= 0.3 is 0 Å². The van der Waals surface area contributed by atoms with Gasteiger partial charge in [-0.15, -0.1) is 0 Å². The summed E-state index contributed by atoms with van der Waals surface area (Å²) >= 11 is 0. The first-order valence-electron chi connectivity index (χ1n) is 6.60. The van der Waals surface area contributed by atoms with Gasteiger partial charge in [-0.3, -0.25) is 4.79 Å². The topological polar surface area (TPSA) is 78.0 Å². The Kier molecular flexibility index (Phi) is 3.58. The van der Waals surface area contributed by atoms with Crippen molar-refractivity contribution in [3.05, 3.63) is 36.7 Å². The van der Waals surface area contributed by atoms with Crippen molar-refractivity contribution >= 4 is 11.9 Å². The average Bonchev–Trinajstić information content (AvgIpc) is 3.01. The molecule has 1 aliphatic rings. The highest BCUT2D eigenvalue weighted by Gasteiger charge is 2.22. The van der Waals surface area contributed by atoms with Crippen LogP contribution in [0.3, 0.4) is 0 Å². The van der Waals surface area contributed by atoms with Gasteiger partial charge in [0.25, 0.3) is 0 Å². The summed E-state index contributed by atoms with van der Waals surface area (Å²) in [6.45, 7) is 2.92. The minimum atomic E-state index is 0.128. The molecule has 1 aliphatic heterocycles. The maximum absolute atomic E-state index is 12.1. The predicted molar refractivity (Wildman–Crippen MR) is 73.1 cm³/mol. The number of piperazine rings is 1. The lowest BCUT2D eigenvalue weighted by molar-refractivity contribution is -0.130. The van der Waals surface area contributed by atoms with Crippen molar-refractivity contribution in [2.24, 2.45) is 0 Å². The smallest absolute Gasteiger partial charge is 0.228 e. The van der Waals surface area contributed by atoms with Crippen molar-refractivity contribution in [1.29, 1.82) is 0 Å². The summed E-state index contributed by atoms with van der Waals surface area (Å²) in [7, 11) is 0. The van der Waals surface area contributed by atoms with Crippen LogP contribution in [0.15, 0.2) is 31.0 Å². The minimum Gasteiger partial charge on any atom is -0.348 e. The van der Waals surface area contributed by atoms with Gasteiger partial charge < -0.3 is 14.8 Å². The maximum Gasteiger partial charge on any atom is 0.228 e. The van der Waals surface area contributed by atoms with E-state index in [2.05, 4.69) is 24.8 Å². The first-order valence-corrected chi connectivity index (χ1v) is 6.60. The zero-order valence-corrected chi connectivity index (χ0v) is 11.1. The molecule has 0 aromatic carbocycles. The molecule has 3 heterocycles. The Morgan fingerprint density at radius 1 is 1.20 bits per heavy atom. The van der Waals surface area contributed by atoms with E-state index in [0.717, 1.165) is 24.7 Å². The third-order valence-electron chi connectivity index (χ3n) is 3.36. The highest BCUT2D eigenvalue weighted by molar-refractivity contribution is 5.78. The van der Waals surface area contributed by atoms with E-state index in [1.165, 1.54) is 0 Å². The van der Waals surface area contributed by atoms with E-state index in [1.54, 1.807) is 31.0 Å². The lowest BCUT2D eigenvalue weighted by atomic mass is 10.2. The Labute approximate surface area is 116 Å². The fraction of sp³-hybridized carbons (Fsp3) is 0.385. The standard InChI is InChI=1S/C13H16N6O/c20-12(8-11-9-14-10-17-11)18-4-6-19(7-5-18)13-15-2-1-3-16-13/h1-3,9-10H,4-8H2,(H,14,17). The Morgan fingerprint density at radius 3 is 2.60 bits per heavy atom. The number of imidazole rings is 1. The molecule has 0 saturated carbocycles. The SMILES string of the molecule is O=C(Cc1cnc[nH]1)N1CCN(c2ncccn2)CC1. The van der Waals surface area contributed by atoms with Crippen molar-refractivity contribution in [3.8, 4) is 0 Å². The predicted octanol–water partition coefficient (Wildman–Crippen LogP) is 0.0910. The average molecular weight is 272 g/mol. The molecule has 1 saturated heterocycles. The number of carbonyl (C=O) groups is 1. The fourth-order valence-electron chi connectivity index (χ4n) is 2.27. The molecular weight excluding hydrogens is 256 g/mol. The molecule has 0 bridgehead atoms. The van der Waals surface area contributed by atoms with Crippen molar-refractivity contribution in [2.45, 2.75) is 6.42 Å². The molecule has 3 rings (SSSR count). The largest absolute Gasteiger partial charge is 0.348 e. The van der Waals surface area contributed by atoms with Gasteiger partial charge in [-0.1, -0.05) is 0 Å². The summed E-state index contributed by atoms with van der Waals surface area (Å²) < 4.78 is 0. The fourth-order valence-corrected chi connectivity index (χ4v) is 2.27. The third kappa shape index (κ3) is 2.76. The Bertz CT molecular complexity index is 548. The quantitative estimate of drug-likeness (QED) is 0.857. The summed E-state index contributed by atoms with van der Waals surface area (Å²) in [5, 5.41) is 0. The Morgan fingerprint density at radius 2 is 1.95 bits per heavy atom. The third-order valence-corrected chi connectivity index (χ3v) is 3.36. The van der Waals surface area contributed by atoms with E-state index in [-0.39, 0.29) is 5.91 Å². The molecule has 7 nitrogen and oxygen atoms in total. The molecule has 7 heteroatoms. The van der Waals surface area contributed by atoms with Gasteiger partial charge in [0, 0.05) is 50.5 Å². The number of carbonyl (C=O) groups excluding carboxylic acids is 1. The van der Waals surface area contributed by atoms with E-state index >= 15 is 0 Å². The Hall–Kier alpha value is -2.44. The van der Waals surface area contributed by atoms with E-state index < -0.39 is 0 Å². The number of hydrogen-bond acceptors (Lipinski definition) is 5. The minimum absolute atomic E-state index is 0.128. The van der Waals surface area contributed by atoms with Crippen LogP contribution in [0.25, 0.3) is 0 Å². The number of anilines is 1. The molecule has 0 unspecified atom stereocenters. The molecule has 0 atom stereocenters. The van der Waals surface area contributed by atoms with Crippen LogP contribution in [0.2, 0.25) is 0 Å². The molecule has 2 aromatic rings. The molecule has 20 heavy (non-hydrogen) atoms. The summed E-state index contributed by atoms with van der Waals surface area (Å²) in [6.07, 6.45) is 7.12. The number of H-pyrrole nitrogens is 1. The molecule has 0 radical (unpaired) electrons. The van der Waals surface area contributed by atoms with Crippen molar-refractivity contribution < 1.29 is 4.79 Å². The van der Waals surface area contributed by atoms with Crippen molar-refractivity contribution in [1.82, 2.24) is 24.8 Å². The number of amides is 1. The van der Waals surface area contributed by atoms with Crippen LogP contribution < -0.4 is 4.90 Å². The van der Waals surface area contributed by atoms with Gasteiger partial charge in [-0.25, -0.2) is 15.0 Å². The molecule has 0 spiro atoms. The molecule has 2 aromatic heterocycles. The molecule has 104 valence electrons. The molecule has 0 aliphatic carbocycles. The highest BCUT2D eigenvalue weighted by Crippen LogP contribution is 2.10. The molecule has 1 N–H and O–H groups in total. The van der Waals surface area contributed by atoms with Gasteiger partial charge in [0.05, 0.1) is 12.7 Å². The number of aromatic amines is 1. The molecular formula is C13H16N6O. The summed E-state index contributed by atoms with van der Waals surface area (Å²) in [6, 6.07) is 1.80. The van der Waals surface area contributed by atoms with Gasteiger partial charge in [-0.05, 0) is 6.07 Å². The first-order chi connectivity index (χ1) is 9.83. The lowest BCUT2D eigenvalue weighted by Gasteiger charge is -2.34. The zero-order valence-electron chi connectivity index (χ0n) is 11.1. The van der Waals surface area contributed by atoms with E-state index in [4.69, 9.17) is 0 Å². The van der Waals surface area contributed by atoms with Gasteiger partial charge in [-0.2, -0.15) is 0 Å². The molecule has 1 amide bonds. The van der Waals surface area contributed by atoms with E-state index in [0.29, 0.717) is 19.5 Å². The van der Waals surface area contributed by atoms with Crippen LogP contribution in [0, 0.1) is 0 Å². The van der Waals surface area contributed by atoms with Crippen LogP contribution >= 0.6 is 0 Å². The van der Waals surface area contributed by atoms with Gasteiger partial charge in [0.2, 0.25) is 11.9 Å². The summed E-state index contributed by atoms with van der Waals surface area (Å²) in [5.74, 6) is 0.857. The number of rotatable bonds is 3. The zero-order chi connectivity index (χ0) is 13.8. The normalized spacial score (nSPS) is 15.4. The van der Waals surface area contributed by atoms with Crippen LogP contribution in [0.4, 0.5) is 5.95 Å². The number of nitrogens with one attached hydrogen (secondary N) is 1. The van der Waals surface area contributed by atoms with Crippen LogP contribution in [0.5, 0.6) is 0 Å². The van der Waals surface area contributed by atoms with E-state index in [9.17, 15) is 4.79 Å². The summed E-state index contributed by atoms with van der Waals surface area (Å²) in [5.41, 5.74) is 0.851. The second-order valence-corrected chi connectivity index (χ2v) is 4.67. The first kappa shape index (κ1) is 12.6. The van der Waals surface area contributed by atoms with Crippen LogP contribution in [-0.4, -0.2) is 56.9 Å². The second kappa shape index (κ2) is 5.68. The monoisotopic (exact) mass is 272 g/mol. The number of aromatic nitrogens is 4. The lowest BCUT2D eigenvalue weighted by Crippen LogP contribution is -2.49. The highest BCUT2D eigenvalue weighted by atomic mass is 16.2. The van der Waals surface area contributed by atoms with Crippen molar-refractivity contribution in [2.75, 3.05) is 31.1 Å². The van der Waals surface area contributed by atoms with Crippen LogP contribution in [-0.2, 0) is 11.2 Å². The maximum atomic E-state index is 12.1. The number of nitrogens with zero attached hydrogens (tertiary/aromatic N) is 5. The van der Waals surface area contributed by atoms with Gasteiger partial charge in [0.1, 0.15) is 0 Å². The van der Waals surface area contributed by atoms with E-state index in [1.807, 2.05) is 4.90 Å². The Balaban J connectivity index is 1.54. The molecule has 1 fully saturated rings. The second-order valence-electron chi connectivity index (χ2n) is 4.67.